The summed E-state index contributed by atoms with van der Waals surface area (Å²) in [5.41, 5.74) is 6.22. The number of rotatable bonds is 1. The summed E-state index contributed by atoms with van der Waals surface area (Å²) in [6.07, 6.45) is 0. The fourth-order valence-electron chi connectivity index (χ4n) is 2.04. The molecule has 1 aromatic carbocycles. The summed E-state index contributed by atoms with van der Waals surface area (Å²) in [6, 6.07) is 5.00. The highest BCUT2D eigenvalue weighted by Crippen LogP contribution is 2.24. The van der Waals surface area contributed by atoms with Crippen molar-refractivity contribution in [3.05, 3.63) is 24.0 Å². The van der Waals surface area contributed by atoms with Crippen LogP contribution in [0.1, 0.15) is 6.92 Å². The largest absolute Gasteiger partial charge is 0.396 e. The topological polar surface area (TPSA) is 49.6 Å². The van der Waals surface area contributed by atoms with Gasteiger partial charge in [0.1, 0.15) is 0 Å². The second-order valence-electron chi connectivity index (χ2n) is 4.17. The highest BCUT2D eigenvalue weighted by atomic mass is 19.1. The first-order valence-corrected chi connectivity index (χ1v) is 5.64. The number of anilines is 2. The van der Waals surface area contributed by atoms with Crippen LogP contribution in [-0.2, 0) is 4.79 Å². The summed E-state index contributed by atoms with van der Waals surface area (Å²) in [6.45, 7) is 4.09. The van der Waals surface area contributed by atoms with E-state index in [1.807, 2.05) is 4.90 Å². The predicted molar refractivity (Wildman–Crippen MR) is 65.3 cm³/mol. The van der Waals surface area contributed by atoms with E-state index in [1.54, 1.807) is 30.0 Å². The van der Waals surface area contributed by atoms with E-state index in [2.05, 4.69) is 0 Å². The Morgan fingerprint density at radius 1 is 1.29 bits per heavy atom. The van der Waals surface area contributed by atoms with Crippen LogP contribution in [0.25, 0.3) is 0 Å². The van der Waals surface area contributed by atoms with E-state index in [0.29, 0.717) is 31.9 Å². The number of nitrogens with two attached hydrogens (primary N) is 1. The molecule has 0 radical (unpaired) electrons. The molecule has 1 aliphatic rings. The third kappa shape index (κ3) is 2.33. The van der Waals surface area contributed by atoms with Crippen LogP contribution in [-0.4, -0.2) is 37.0 Å². The van der Waals surface area contributed by atoms with Gasteiger partial charge in [0.15, 0.2) is 5.82 Å². The number of amides is 1. The van der Waals surface area contributed by atoms with Gasteiger partial charge in [0, 0.05) is 33.1 Å². The minimum atomic E-state index is -0.372. The Morgan fingerprint density at radius 2 is 1.94 bits per heavy atom. The lowest BCUT2D eigenvalue weighted by Crippen LogP contribution is -2.48. The molecule has 5 heteroatoms. The monoisotopic (exact) mass is 237 g/mol. The number of nitrogen functional groups attached to an aromatic ring is 1. The second kappa shape index (κ2) is 4.61. The number of carbonyl (C=O) groups is 1. The number of hydrogen-bond donors (Lipinski definition) is 1. The van der Waals surface area contributed by atoms with Gasteiger partial charge in [0.25, 0.3) is 0 Å². The number of piperazine rings is 1. The molecule has 1 heterocycles. The second-order valence-corrected chi connectivity index (χ2v) is 4.17. The van der Waals surface area contributed by atoms with Gasteiger partial charge >= 0.3 is 0 Å². The van der Waals surface area contributed by atoms with Crippen molar-refractivity contribution in [3.8, 4) is 0 Å². The van der Waals surface area contributed by atoms with Gasteiger partial charge in [-0.2, -0.15) is 0 Å². The van der Waals surface area contributed by atoms with E-state index in [9.17, 15) is 9.18 Å². The van der Waals surface area contributed by atoms with Gasteiger partial charge in [-0.3, -0.25) is 4.79 Å². The first kappa shape index (κ1) is 11.7. The summed E-state index contributed by atoms with van der Waals surface area (Å²) < 4.78 is 13.8. The zero-order valence-corrected chi connectivity index (χ0v) is 9.82. The van der Waals surface area contributed by atoms with Gasteiger partial charge in [0.2, 0.25) is 5.91 Å². The zero-order valence-electron chi connectivity index (χ0n) is 9.82. The molecular formula is C12H16FN3O. The maximum Gasteiger partial charge on any atom is 0.219 e. The Hall–Kier alpha value is -1.78. The first-order valence-electron chi connectivity index (χ1n) is 5.64. The quantitative estimate of drug-likeness (QED) is 0.743. The lowest BCUT2D eigenvalue weighted by molar-refractivity contribution is -0.129. The van der Waals surface area contributed by atoms with Crippen molar-refractivity contribution in [3.63, 3.8) is 0 Å². The van der Waals surface area contributed by atoms with Gasteiger partial charge in [-0.1, -0.05) is 6.07 Å². The highest BCUT2D eigenvalue weighted by molar-refractivity contribution is 5.73. The van der Waals surface area contributed by atoms with Gasteiger partial charge in [-0.05, 0) is 12.1 Å². The van der Waals surface area contributed by atoms with Gasteiger partial charge in [-0.15, -0.1) is 0 Å². The maximum absolute atomic E-state index is 13.8. The van der Waals surface area contributed by atoms with E-state index in [4.69, 9.17) is 5.73 Å². The lowest BCUT2D eigenvalue weighted by atomic mass is 10.2. The molecule has 0 spiro atoms. The number of carbonyl (C=O) groups excluding carboxylic acids is 1. The zero-order chi connectivity index (χ0) is 12.4. The minimum Gasteiger partial charge on any atom is -0.396 e. The molecule has 92 valence electrons. The molecule has 1 aromatic rings. The van der Waals surface area contributed by atoms with Crippen LogP contribution in [0.4, 0.5) is 15.8 Å². The minimum absolute atomic E-state index is 0.0673. The van der Waals surface area contributed by atoms with Gasteiger partial charge in [0.05, 0.1) is 11.4 Å². The number of hydrogen-bond acceptors (Lipinski definition) is 3. The van der Waals surface area contributed by atoms with Crippen LogP contribution in [0.5, 0.6) is 0 Å². The Kier molecular flexibility index (Phi) is 3.17. The Morgan fingerprint density at radius 3 is 2.53 bits per heavy atom. The molecule has 0 aliphatic carbocycles. The molecule has 17 heavy (non-hydrogen) atoms. The molecule has 1 fully saturated rings. The lowest BCUT2D eigenvalue weighted by Gasteiger charge is -2.35. The van der Waals surface area contributed by atoms with Crippen molar-refractivity contribution in [2.24, 2.45) is 0 Å². The number of halogens is 1. The van der Waals surface area contributed by atoms with Crippen LogP contribution in [0.15, 0.2) is 18.2 Å². The molecule has 4 nitrogen and oxygen atoms in total. The molecule has 0 saturated carbocycles. The van der Waals surface area contributed by atoms with E-state index < -0.39 is 0 Å². The average molecular weight is 237 g/mol. The fourth-order valence-corrected chi connectivity index (χ4v) is 2.04. The SMILES string of the molecule is CC(=O)N1CCN(c2cccc(N)c2F)CC1. The van der Waals surface area contributed by atoms with Crippen molar-refractivity contribution in [2.75, 3.05) is 36.8 Å². The Balaban J connectivity index is 2.10. The molecule has 2 rings (SSSR count). The highest BCUT2D eigenvalue weighted by Gasteiger charge is 2.21. The number of benzene rings is 1. The molecule has 0 unspecified atom stereocenters. The van der Waals surface area contributed by atoms with Crippen molar-refractivity contribution in [1.82, 2.24) is 4.90 Å². The number of nitrogens with zero attached hydrogens (tertiary/aromatic N) is 2. The van der Waals surface area contributed by atoms with Crippen LogP contribution in [0.3, 0.4) is 0 Å². The van der Waals surface area contributed by atoms with Crippen molar-refractivity contribution in [1.29, 1.82) is 0 Å². The molecule has 0 bridgehead atoms. The first-order chi connectivity index (χ1) is 8.09. The van der Waals surface area contributed by atoms with Crippen molar-refractivity contribution >= 4 is 17.3 Å². The molecule has 1 aliphatic heterocycles. The van der Waals surface area contributed by atoms with Crippen LogP contribution < -0.4 is 10.6 Å². The van der Waals surface area contributed by atoms with E-state index >= 15 is 0 Å². The predicted octanol–water partition coefficient (Wildman–Crippen LogP) is 1.08. The van der Waals surface area contributed by atoms with Crippen molar-refractivity contribution < 1.29 is 9.18 Å². The summed E-state index contributed by atoms with van der Waals surface area (Å²) in [5, 5.41) is 0. The Labute approximate surface area is 99.8 Å². The van der Waals surface area contributed by atoms with E-state index in [1.165, 1.54) is 0 Å². The normalized spacial score (nSPS) is 16.1. The summed E-state index contributed by atoms with van der Waals surface area (Å²) in [4.78, 5) is 14.9. The molecular weight excluding hydrogens is 221 g/mol. The molecule has 1 saturated heterocycles. The van der Waals surface area contributed by atoms with Crippen LogP contribution in [0, 0.1) is 5.82 Å². The van der Waals surface area contributed by atoms with Crippen LogP contribution >= 0.6 is 0 Å². The average Bonchev–Trinajstić information content (AvgIpc) is 2.33. The molecule has 1 amide bonds. The maximum atomic E-state index is 13.8. The van der Waals surface area contributed by atoms with Gasteiger partial charge < -0.3 is 15.5 Å². The summed E-state index contributed by atoms with van der Waals surface area (Å²) in [5.74, 6) is -0.304. The standard InChI is InChI=1S/C12H16FN3O/c1-9(17)15-5-7-16(8-6-15)11-4-2-3-10(14)12(11)13/h2-4H,5-8,14H2,1H3. The van der Waals surface area contributed by atoms with E-state index in [-0.39, 0.29) is 17.4 Å². The van der Waals surface area contributed by atoms with Crippen LogP contribution in [0.2, 0.25) is 0 Å². The Bertz CT molecular complexity index is 428. The van der Waals surface area contributed by atoms with Gasteiger partial charge in [-0.25, -0.2) is 4.39 Å². The third-order valence-corrected chi connectivity index (χ3v) is 3.07. The fraction of sp³-hybridized carbons (Fsp3) is 0.417. The molecule has 0 atom stereocenters. The summed E-state index contributed by atoms with van der Waals surface area (Å²) in [7, 11) is 0. The van der Waals surface area contributed by atoms with E-state index in [0.717, 1.165) is 0 Å². The third-order valence-electron chi connectivity index (χ3n) is 3.07. The summed E-state index contributed by atoms with van der Waals surface area (Å²) >= 11 is 0. The molecule has 2 N–H and O–H groups in total. The van der Waals surface area contributed by atoms with Crippen molar-refractivity contribution in [2.45, 2.75) is 6.92 Å². The smallest absolute Gasteiger partial charge is 0.219 e. The molecule has 0 aromatic heterocycles.